The molecular formula is C36H45FN10O7S. The van der Waals surface area contributed by atoms with Gasteiger partial charge in [-0.1, -0.05) is 0 Å². The lowest BCUT2D eigenvalue weighted by molar-refractivity contribution is -0.105. The van der Waals surface area contributed by atoms with Crippen LogP contribution in [0, 0.1) is 5.82 Å². The Bertz CT molecular complexity index is 1890. The summed E-state index contributed by atoms with van der Waals surface area (Å²) in [5, 5.41) is 22.0. The van der Waals surface area contributed by atoms with E-state index < -0.39 is 11.8 Å². The van der Waals surface area contributed by atoms with Crippen molar-refractivity contribution in [1.82, 2.24) is 19.1 Å². The van der Waals surface area contributed by atoms with Crippen LogP contribution in [0.15, 0.2) is 97.4 Å². The highest BCUT2D eigenvalue weighted by molar-refractivity contribution is 7.97. The molecule has 0 spiro atoms. The number of halogens is 1. The molecule has 2 aromatic carbocycles. The molecule has 0 amide bonds. The molecule has 55 heavy (non-hydrogen) atoms. The Balaban J connectivity index is 0.000000450. The predicted molar refractivity (Wildman–Crippen MR) is 212 cm³/mol. The van der Waals surface area contributed by atoms with Crippen molar-refractivity contribution in [3.8, 4) is 5.75 Å². The lowest BCUT2D eigenvalue weighted by Crippen LogP contribution is -2.05. The number of allylic oxidation sites excluding steroid dienone is 6. The fourth-order valence-corrected chi connectivity index (χ4v) is 5.07. The molecule has 0 atom stereocenters. The fourth-order valence-electron chi connectivity index (χ4n) is 4.08. The minimum Gasteiger partial charge on any atom is -0.496 e. The summed E-state index contributed by atoms with van der Waals surface area (Å²) >= 11 is 1.46. The van der Waals surface area contributed by atoms with Crippen LogP contribution in [-0.2, 0) is 21.1 Å². The minimum absolute atomic E-state index is 0.122. The van der Waals surface area contributed by atoms with Crippen LogP contribution >= 0.6 is 11.8 Å². The Morgan fingerprint density at radius 1 is 0.818 bits per heavy atom. The summed E-state index contributed by atoms with van der Waals surface area (Å²) in [7, 11) is 5.80. The molecule has 0 aliphatic rings. The summed E-state index contributed by atoms with van der Waals surface area (Å²) in [6.45, 7) is 0. The van der Waals surface area contributed by atoms with E-state index in [0.717, 1.165) is 12.7 Å². The molecule has 19 heteroatoms. The lowest BCUT2D eigenvalue weighted by atomic mass is 10.1. The fraction of sp³-hybridized carbons (Fsp3) is 0.167. The number of ether oxygens (including phenoxy) is 1. The molecule has 0 saturated carbocycles. The zero-order chi connectivity index (χ0) is 41.3. The van der Waals surface area contributed by atoms with E-state index in [-0.39, 0.29) is 22.5 Å². The van der Waals surface area contributed by atoms with E-state index in [1.165, 1.54) is 55.3 Å². The van der Waals surface area contributed by atoms with Crippen LogP contribution in [0.5, 0.6) is 5.75 Å². The number of anilines is 2. The highest BCUT2D eigenvalue weighted by Gasteiger charge is 2.16. The highest BCUT2D eigenvalue weighted by Crippen LogP contribution is 2.32. The number of aromatic carboxylic acids is 1. The molecule has 0 aliphatic heterocycles. The van der Waals surface area contributed by atoms with Crippen LogP contribution in [0.3, 0.4) is 0 Å². The molecule has 0 aliphatic carbocycles. The topological polar surface area (TPSA) is 282 Å². The van der Waals surface area contributed by atoms with Crippen LogP contribution in [0.1, 0.15) is 31.8 Å². The lowest BCUT2D eigenvalue weighted by Gasteiger charge is -2.14. The van der Waals surface area contributed by atoms with Gasteiger partial charge in [0.1, 0.15) is 35.9 Å². The monoisotopic (exact) mass is 780 g/mol. The smallest absolute Gasteiger partial charge is 0.337 e. The first-order valence-corrected chi connectivity index (χ1v) is 16.9. The van der Waals surface area contributed by atoms with Crippen molar-refractivity contribution < 1.29 is 38.5 Å². The van der Waals surface area contributed by atoms with Gasteiger partial charge < -0.3 is 48.5 Å². The number of carboxylic acids is 1. The number of carbonyl (C=O) groups excluding carboxylic acids is 3. The molecule has 17 nitrogen and oxygen atoms in total. The van der Waals surface area contributed by atoms with E-state index >= 15 is 0 Å². The number of thioether (sulfide) groups is 1. The number of rotatable bonds is 15. The van der Waals surface area contributed by atoms with E-state index in [2.05, 4.69) is 20.6 Å². The molecule has 2 heterocycles. The van der Waals surface area contributed by atoms with Gasteiger partial charge in [-0.15, -0.1) is 0 Å². The van der Waals surface area contributed by atoms with Gasteiger partial charge in [0.15, 0.2) is 18.9 Å². The quantitative estimate of drug-likeness (QED) is 0.0489. The number of hydrogen-bond acceptors (Lipinski definition) is 15. The number of benzene rings is 2. The van der Waals surface area contributed by atoms with E-state index in [9.17, 15) is 28.7 Å². The van der Waals surface area contributed by atoms with Gasteiger partial charge in [0.05, 0.1) is 24.1 Å². The Kier molecular flexibility index (Phi) is 21.1. The number of hydrogen-bond donors (Lipinski definition) is 8. The number of nitrogens with two attached hydrogens (primary N) is 4. The van der Waals surface area contributed by atoms with Gasteiger partial charge in [0.25, 0.3) is 0 Å². The summed E-state index contributed by atoms with van der Waals surface area (Å²) in [5.74, 6) is 0.762. The minimum atomic E-state index is -1.05. The van der Waals surface area contributed by atoms with Gasteiger partial charge in [-0.05, 0) is 54.1 Å². The molecule has 2 aromatic heterocycles. The number of carboxylic acid groups (broad SMARTS) is 1. The maximum Gasteiger partial charge on any atom is 0.337 e. The number of aliphatic hydroxyl groups is 1. The SMILES string of the molecule is CNc1cc(CSCc2cc(NC)c(C(=O)O)cc2OC)c(F)cc1C=O.CO.N/C(C=O)=C\C=C(/N)n1ccnc1.N/C(C=O)=C\C=C(/N)n1ccnc1. The zero-order valence-electron chi connectivity index (χ0n) is 30.5. The van der Waals surface area contributed by atoms with Crippen molar-refractivity contribution in [3.63, 3.8) is 0 Å². The normalized spacial score (nSPS) is 11.3. The van der Waals surface area contributed by atoms with Crippen molar-refractivity contribution in [2.24, 2.45) is 22.9 Å². The Morgan fingerprint density at radius 2 is 1.31 bits per heavy atom. The number of aldehydes is 3. The largest absolute Gasteiger partial charge is 0.496 e. The molecule has 0 radical (unpaired) electrons. The van der Waals surface area contributed by atoms with E-state index in [0.29, 0.717) is 64.7 Å². The van der Waals surface area contributed by atoms with Crippen molar-refractivity contribution in [3.05, 3.63) is 125 Å². The van der Waals surface area contributed by atoms with Gasteiger partial charge in [-0.2, -0.15) is 11.8 Å². The van der Waals surface area contributed by atoms with Gasteiger partial charge >= 0.3 is 5.97 Å². The molecule has 0 saturated heterocycles. The second-order valence-corrected chi connectivity index (χ2v) is 11.3. The summed E-state index contributed by atoms with van der Waals surface area (Å²) < 4.78 is 22.7. The van der Waals surface area contributed by atoms with Crippen LogP contribution < -0.4 is 38.3 Å². The number of nitrogens with one attached hydrogen (secondary N) is 2. The number of carbonyl (C=O) groups is 4. The predicted octanol–water partition coefficient (Wildman–Crippen LogP) is 2.83. The number of methoxy groups -OCH3 is 1. The molecule has 0 unspecified atom stereocenters. The maximum absolute atomic E-state index is 14.2. The molecule has 0 bridgehead atoms. The summed E-state index contributed by atoms with van der Waals surface area (Å²) in [6, 6.07) is 6.04. The van der Waals surface area contributed by atoms with Crippen LogP contribution in [-0.4, -0.2) is 82.5 Å². The first kappa shape index (κ1) is 46.2. The summed E-state index contributed by atoms with van der Waals surface area (Å²) in [5.41, 5.74) is 24.7. The molecule has 4 rings (SSSR count). The molecule has 0 fully saturated rings. The maximum atomic E-state index is 14.2. The average Bonchev–Trinajstić information content (AvgIpc) is 3.96. The van der Waals surface area contributed by atoms with Crippen molar-refractivity contribution in [2.75, 3.05) is 38.9 Å². The highest BCUT2D eigenvalue weighted by atomic mass is 32.2. The second kappa shape index (κ2) is 25.2. The summed E-state index contributed by atoms with van der Waals surface area (Å²) in [6.07, 6.45) is 17.3. The summed E-state index contributed by atoms with van der Waals surface area (Å²) in [4.78, 5) is 50.2. The first-order valence-electron chi connectivity index (χ1n) is 15.7. The van der Waals surface area contributed by atoms with Gasteiger partial charge in [-0.3, -0.25) is 23.5 Å². The zero-order valence-corrected chi connectivity index (χ0v) is 31.4. The van der Waals surface area contributed by atoms with E-state index in [1.807, 2.05) is 0 Å². The van der Waals surface area contributed by atoms with Gasteiger partial charge in [0, 0.05) is 80.0 Å². The third-order valence-electron chi connectivity index (χ3n) is 6.82. The number of aromatic nitrogens is 4. The molecule has 294 valence electrons. The number of aliphatic hydroxyl groups excluding tert-OH is 1. The number of imidazole rings is 2. The van der Waals surface area contributed by atoms with Crippen molar-refractivity contribution >= 4 is 59.6 Å². The third-order valence-corrected chi connectivity index (χ3v) is 7.85. The van der Waals surface area contributed by atoms with E-state index in [1.54, 1.807) is 72.8 Å². The Labute approximate surface area is 321 Å². The van der Waals surface area contributed by atoms with Crippen LogP contribution in [0.25, 0.3) is 11.6 Å². The van der Waals surface area contributed by atoms with Crippen LogP contribution in [0.4, 0.5) is 15.8 Å². The third kappa shape index (κ3) is 15.3. The Hall–Kier alpha value is -6.86. The van der Waals surface area contributed by atoms with Gasteiger partial charge in [-0.25, -0.2) is 19.2 Å². The first-order chi connectivity index (χ1) is 26.4. The van der Waals surface area contributed by atoms with Crippen LogP contribution in [0.2, 0.25) is 0 Å². The molecule has 12 N–H and O–H groups in total. The van der Waals surface area contributed by atoms with E-state index in [4.69, 9.17) is 32.8 Å². The second-order valence-electron chi connectivity index (χ2n) is 10.3. The van der Waals surface area contributed by atoms with Gasteiger partial charge in [0.2, 0.25) is 0 Å². The number of nitrogens with zero attached hydrogens (tertiary/aromatic N) is 4. The Morgan fingerprint density at radius 3 is 1.71 bits per heavy atom. The molecule has 4 aromatic rings. The standard InChI is InChI=1S/C19H21FN2O4S.2C8H10N4O.CH4O/c1-21-16-5-12(15(20)4-11(16)8-23)9-27-10-13-6-17(22-2)14(19(24)25)7-18(13)26-3;2*9-7(5-13)1-2-8(10)12-4-3-11-6-12;1-2/h4-8,21-22H,9-10H2,1-3H3,(H,24,25);2*1-6H,9-10H2;2H,1H3/b;2*7-1-,8-2+;. The molecular weight excluding hydrogens is 736 g/mol. The van der Waals surface area contributed by atoms with Crippen molar-refractivity contribution in [1.29, 1.82) is 0 Å². The van der Waals surface area contributed by atoms with Crippen molar-refractivity contribution in [2.45, 2.75) is 11.5 Å². The average molecular weight is 781 g/mol.